The molecule has 0 saturated carbocycles. The van der Waals surface area contributed by atoms with Crippen molar-refractivity contribution in [3.63, 3.8) is 0 Å². The first-order chi connectivity index (χ1) is 14.1. The maximum absolute atomic E-state index is 12.9. The zero-order valence-electron chi connectivity index (χ0n) is 16.3. The minimum Gasteiger partial charge on any atom is -0.485 e. The molecule has 1 unspecified atom stereocenters. The first kappa shape index (κ1) is 19.5. The van der Waals surface area contributed by atoms with Crippen LogP contribution in [0.3, 0.4) is 0 Å². The second kappa shape index (κ2) is 8.26. The average Bonchev–Trinajstić information content (AvgIpc) is 2.73. The van der Waals surface area contributed by atoms with Crippen LogP contribution in [-0.2, 0) is 0 Å². The lowest BCUT2D eigenvalue weighted by molar-refractivity contribution is 0.0600. The topological polar surface area (TPSA) is 92.5 Å². The summed E-state index contributed by atoms with van der Waals surface area (Å²) in [4.78, 5) is 29.3. The summed E-state index contributed by atoms with van der Waals surface area (Å²) >= 11 is 0. The Morgan fingerprint density at radius 2 is 1.90 bits per heavy atom. The van der Waals surface area contributed by atoms with Crippen LogP contribution < -0.4 is 15.1 Å². The minimum absolute atomic E-state index is 0.0569. The molecule has 2 aliphatic rings. The summed E-state index contributed by atoms with van der Waals surface area (Å²) in [7, 11) is 0. The number of para-hydroxylation sites is 2. The van der Waals surface area contributed by atoms with E-state index in [1.165, 1.54) is 0 Å². The van der Waals surface area contributed by atoms with Gasteiger partial charge < -0.3 is 23.9 Å². The number of carbonyl (C=O) groups excluding carboxylic acids is 1. The van der Waals surface area contributed by atoms with Gasteiger partial charge in [-0.3, -0.25) is 9.69 Å². The van der Waals surface area contributed by atoms with Crippen LogP contribution in [0.1, 0.15) is 27.8 Å². The molecular formula is C21H24N2O6. The molecule has 1 aromatic heterocycles. The van der Waals surface area contributed by atoms with Crippen molar-refractivity contribution in [2.24, 2.45) is 0 Å². The molecule has 8 heteroatoms. The number of hydrogen-bond donors (Lipinski definition) is 1. The van der Waals surface area contributed by atoms with E-state index < -0.39 is 11.7 Å². The van der Waals surface area contributed by atoms with Crippen LogP contribution in [0.2, 0.25) is 0 Å². The summed E-state index contributed by atoms with van der Waals surface area (Å²) in [6, 6.07) is 8.99. The van der Waals surface area contributed by atoms with Crippen molar-refractivity contribution in [3.05, 3.63) is 57.6 Å². The molecule has 1 amide bonds. The molecule has 1 aromatic carbocycles. The molecule has 2 aromatic rings. The van der Waals surface area contributed by atoms with Crippen molar-refractivity contribution in [2.45, 2.75) is 13.0 Å². The highest BCUT2D eigenvalue weighted by atomic mass is 16.6. The van der Waals surface area contributed by atoms with Crippen LogP contribution in [-0.4, -0.2) is 66.8 Å². The Morgan fingerprint density at radius 3 is 2.59 bits per heavy atom. The number of ether oxygens (including phenoxy) is 2. The number of β-amino-alcohol motifs (C(OH)–C–C–N with tert-alkyl or cyclic N) is 1. The Bertz CT molecular complexity index is 948. The number of aliphatic hydroxyl groups excluding tert-OH is 1. The Balaban J connectivity index is 1.51. The summed E-state index contributed by atoms with van der Waals surface area (Å²) < 4.78 is 17.1. The number of piperazine rings is 1. The minimum atomic E-state index is -0.662. The number of nitrogens with zero attached hydrogens (tertiary/aromatic N) is 2. The maximum atomic E-state index is 12.9. The highest BCUT2D eigenvalue weighted by molar-refractivity contribution is 5.95. The molecule has 8 nitrogen and oxygen atoms in total. The lowest BCUT2D eigenvalue weighted by Gasteiger charge is -2.34. The second-order valence-electron chi connectivity index (χ2n) is 7.22. The van der Waals surface area contributed by atoms with Crippen molar-refractivity contribution in [1.29, 1.82) is 0 Å². The Labute approximate surface area is 168 Å². The van der Waals surface area contributed by atoms with Gasteiger partial charge in [-0.1, -0.05) is 12.1 Å². The van der Waals surface area contributed by atoms with Crippen LogP contribution >= 0.6 is 0 Å². The van der Waals surface area contributed by atoms with Crippen LogP contribution in [0.25, 0.3) is 0 Å². The van der Waals surface area contributed by atoms with Gasteiger partial charge in [-0.2, -0.15) is 0 Å². The van der Waals surface area contributed by atoms with Gasteiger partial charge in [0, 0.05) is 32.7 Å². The van der Waals surface area contributed by atoms with Gasteiger partial charge in [-0.15, -0.1) is 0 Å². The summed E-state index contributed by atoms with van der Waals surface area (Å²) in [6.07, 6.45) is -0.553. The molecule has 1 fully saturated rings. The molecule has 2 aliphatic heterocycles. The number of amides is 1. The lowest BCUT2D eigenvalue weighted by Crippen LogP contribution is -2.50. The molecule has 0 radical (unpaired) electrons. The number of aliphatic hydroxyl groups is 1. The fraction of sp³-hybridized carbons (Fsp3) is 0.429. The molecule has 0 aliphatic carbocycles. The van der Waals surface area contributed by atoms with Crippen LogP contribution in [0.15, 0.2) is 39.5 Å². The number of aryl methyl sites for hydroxylation is 1. The third-order valence-electron chi connectivity index (χ3n) is 5.28. The first-order valence-corrected chi connectivity index (χ1v) is 9.72. The van der Waals surface area contributed by atoms with Crippen molar-refractivity contribution in [2.75, 3.05) is 45.9 Å². The molecule has 3 heterocycles. The highest BCUT2D eigenvalue weighted by Crippen LogP contribution is 2.35. The van der Waals surface area contributed by atoms with Crippen molar-refractivity contribution < 1.29 is 23.8 Å². The van der Waals surface area contributed by atoms with E-state index in [1.54, 1.807) is 24.0 Å². The number of hydrogen-bond acceptors (Lipinski definition) is 7. The Hall–Kier alpha value is -2.84. The summed E-state index contributed by atoms with van der Waals surface area (Å²) in [5, 5.41) is 9.04. The van der Waals surface area contributed by atoms with E-state index in [0.717, 1.165) is 0 Å². The van der Waals surface area contributed by atoms with Gasteiger partial charge in [0.25, 0.3) is 5.91 Å². The molecule has 1 saturated heterocycles. The highest BCUT2D eigenvalue weighted by Gasteiger charge is 2.29. The zero-order chi connectivity index (χ0) is 20.4. The fourth-order valence-corrected chi connectivity index (χ4v) is 3.68. The smallest absolute Gasteiger partial charge is 0.349 e. The molecular weight excluding hydrogens is 376 g/mol. The van der Waals surface area contributed by atoms with Crippen LogP contribution in [0.4, 0.5) is 0 Å². The lowest BCUT2D eigenvalue weighted by atomic mass is 10.1. The van der Waals surface area contributed by atoms with Gasteiger partial charge in [-0.25, -0.2) is 4.79 Å². The van der Waals surface area contributed by atoms with Gasteiger partial charge in [0.15, 0.2) is 23.4 Å². The molecule has 0 bridgehead atoms. The van der Waals surface area contributed by atoms with E-state index >= 15 is 0 Å². The van der Waals surface area contributed by atoms with Crippen molar-refractivity contribution in [1.82, 2.24) is 9.80 Å². The van der Waals surface area contributed by atoms with E-state index in [-0.39, 0.29) is 24.7 Å². The third-order valence-corrected chi connectivity index (χ3v) is 5.28. The summed E-state index contributed by atoms with van der Waals surface area (Å²) in [5.74, 6) is 1.25. The normalized spacial score (nSPS) is 19.2. The van der Waals surface area contributed by atoms with E-state index in [0.29, 0.717) is 55.5 Å². The number of carbonyl (C=O) groups is 1. The third kappa shape index (κ3) is 3.99. The monoisotopic (exact) mass is 400 g/mol. The Morgan fingerprint density at radius 1 is 1.17 bits per heavy atom. The average molecular weight is 400 g/mol. The molecule has 154 valence electrons. The van der Waals surface area contributed by atoms with Gasteiger partial charge in [0.2, 0.25) is 0 Å². The largest absolute Gasteiger partial charge is 0.485 e. The summed E-state index contributed by atoms with van der Waals surface area (Å²) in [5.41, 5.74) is -0.0479. The van der Waals surface area contributed by atoms with Gasteiger partial charge >= 0.3 is 5.63 Å². The number of fused-ring (bicyclic) bond motifs is 1. The molecule has 1 N–H and O–H groups in total. The zero-order valence-corrected chi connectivity index (χ0v) is 16.3. The van der Waals surface area contributed by atoms with E-state index in [4.69, 9.17) is 19.0 Å². The van der Waals surface area contributed by atoms with Crippen LogP contribution in [0.5, 0.6) is 11.5 Å². The second-order valence-corrected chi connectivity index (χ2v) is 7.22. The molecule has 4 rings (SSSR count). The molecule has 0 spiro atoms. The van der Waals surface area contributed by atoms with Gasteiger partial charge in [0.1, 0.15) is 12.2 Å². The number of benzene rings is 1. The standard InChI is InChI=1S/C21H24N2O6/c1-14-12-17(18-13-27-15-4-2-3-5-16(15)28-18)29-21(26)19(14)20(25)23-8-6-22(7-9-23)10-11-24/h2-5,12,18,24H,6-11,13H2,1H3. The predicted octanol–water partition coefficient (Wildman–Crippen LogP) is 1.21. The number of rotatable bonds is 4. The van der Waals surface area contributed by atoms with E-state index in [9.17, 15) is 9.59 Å². The van der Waals surface area contributed by atoms with Crippen LogP contribution in [0, 0.1) is 6.92 Å². The van der Waals surface area contributed by atoms with Gasteiger partial charge in [0.05, 0.1) is 6.61 Å². The van der Waals surface area contributed by atoms with Gasteiger partial charge in [-0.05, 0) is 30.7 Å². The fourth-order valence-electron chi connectivity index (χ4n) is 3.68. The van der Waals surface area contributed by atoms with Crippen molar-refractivity contribution in [3.8, 4) is 11.5 Å². The molecule has 1 atom stereocenters. The quantitative estimate of drug-likeness (QED) is 0.825. The Kier molecular flexibility index (Phi) is 5.55. The van der Waals surface area contributed by atoms with E-state index in [1.807, 2.05) is 18.2 Å². The predicted molar refractivity (Wildman–Crippen MR) is 104 cm³/mol. The van der Waals surface area contributed by atoms with E-state index in [2.05, 4.69) is 4.90 Å². The maximum Gasteiger partial charge on any atom is 0.349 e. The molecule has 29 heavy (non-hydrogen) atoms. The SMILES string of the molecule is Cc1cc(C2COc3ccccc3O2)oc(=O)c1C(=O)N1CCN(CCO)CC1. The summed E-state index contributed by atoms with van der Waals surface area (Å²) in [6.45, 7) is 4.99. The van der Waals surface area contributed by atoms with Crippen molar-refractivity contribution >= 4 is 5.91 Å². The first-order valence-electron chi connectivity index (χ1n) is 9.72.